The fourth-order valence-corrected chi connectivity index (χ4v) is 3.26. The average molecular weight is 259 g/mol. The molecule has 0 amide bonds. The molecule has 0 radical (unpaired) electrons. The van der Waals surface area contributed by atoms with Crippen LogP contribution in [-0.4, -0.2) is 49.6 Å². The van der Waals surface area contributed by atoms with E-state index >= 15 is 0 Å². The van der Waals surface area contributed by atoms with Gasteiger partial charge in [0.05, 0.1) is 11.5 Å². The summed E-state index contributed by atoms with van der Waals surface area (Å²) >= 11 is 0. The number of nitrogens with zero attached hydrogens (tertiary/aromatic N) is 1. The lowest BCUT2D eigenvalue weighted by atomic mass is 10.3. The van der Waals surface area contributed by atoms with Gasteiger partial charge in [0, 0.05) is 24.5 Å². The molecule has 1 unspecified atom stereocenters. The number of nitrogens with one attached hydrogen (secondary N) is 2. The van der Waals surface area contributed by atoms with E-state index in [1.807, 2.05) is 7.05 Å². The lowest BCUT2D eigenvalue weighted by Gasteiger charge is -2.12. The van der Waals surface area contributed by atoms with Gasteiger partial charge in [0.1, 0.15) is 0 Å². The topological polar surface area (TPSA) is 85.4 Å². The normalized spacial score (nSPS) is 22.1. The van der Waals surface area contributed by atoms with Crippen molar-refractivity contribution in [2.45, 2.75) is 24.0 Å². The highest BCUT2D eigenvalue weighted by Gasteiger charge is 2.25. The number of likely N-dealkylation sites (N-methyl/N-ethyl adjacent to an activating group) is 1. The average Bonchev–Trinajstić information content (AvgIpc) is 2.86. The zero-order valence-corrected chi connectivity index (χ0v) is 10.5. The third-order valence-corrected chi connectivity index (χ3v) is 4.41. The van der Waals surface area contributed by atoms with Gasteiger partial charge in [0.2, 0.25) is 10.0 Å². The van der Waals surface area contributed by atoms with Crippen LogP contribution < -0.4 is 4.72 Å². The molecular weight excluding hydrogens is 242 g/mol. The van der Waals surface area contributed by atoms with Crippen molar-refractivity contribution in [2.24, 2.45) is 0 Å². The van der Waals surface area contributed by atoms with Crippen LogP contribution in [0.1, 0.15) is 12.1 Å². The van der Waals surface area contributed by atoms with E-state index in [0.717, 1.165) is 19.5 Å². The Labute approximate surface area is 101 Å². The number of aromatic nitrogens is 1. The summed E-state index contributed by atoms with van der Waals surface area (Å²) in [6.45, 7) is 1.44. The number of rotatable bonds is 4. The quantitative estimate of drug-likeness (QED) is 0.680. The van der Waals surface area contributed by atoms with Crippen LogP contribution >= 0.6 is 0 Å². The van der Waals surface area contributed by atoms with E-state index in [1.165, 1.54) is 12.3 Å². The molecule has 6 nitrogen and oxygen atoms in total. The minimum absolute atomic E-state index is 0.0301. The number of hydrogen-bond acceptors (Lipinski definition) is 4. The molecule has 0 bridgehead atoms. The zero-order chi connectivity index (χ0) is 12.5. The minimum Gasteiger partial charge on any atom is -0.390 e. The predicted molar refractivity (Wildman–Crippen MR) is 62.9 cm³/mol. The van der Waals surface area contributed by atoms with Gasteiger partial charge in [-0.2, -0.15) is 0 Å². The first-order chi connectivity index (χ1) is 8.01. The Morgan fingerprint density at radius 2 is 2.41 bits per heavy atom. The van der Waals surface area contributed by atoms with Crippen molar-refractivity contribution in [2.75, 3.05) is 20.1 Å². The Morgan fingerprint density at radius 3 is 2.94 bits per heavy atom. The van der Waals surface area contributed by atoms with E-state index in [-0.39, 0.29) is 17.5 Å². The first kappa shape index (κ1) is 12.6. The Bertz CT molecular complexity index is 483. The molecule has 1 aliphatic heterocycles. The van der Waals surface area contributed by atoms with Crippen LogP contribution in [0.4, 0.5) is 0 Å². The van der Waals surface area contributed by atoms with Crippen LogP contribution in [0.5, 0.6) is 0 Å². The van der Waals surface area contributed by atoms with Crippen molar-refractivity contribution in [3.8, 4) is 0 Å². The number of aromatic amines is 1. The molecule has 1 fully saturated rings. The fourth-order valence-electron chi connectivity index (χ4n) is 1.98. The third kappa shape index (κ3) is 2.86. The van der Waals surface area contributed by atoms with Gasteiger partial charge < -0.3 is 15.0 Å². The van der Waals surface area contributed by atoms with Crippen LogP contribution in [0, 0.1) is 0 Å². The fraction of sp³-hybridized carbons (Fsp3) is 0.600. The molecule has 0 saturated carbocycles. The van der Waals surface area contributed by atoms with Crippen LogP contribution in [0.2, 0.25) is 0 Å². The summed E-state index contributed by atoms with van der Waals surface area (Å²) in [7, 11) is -1.51. The van der Waals surface area contributed by atoms with Gasteiger partial charge >= 0.3 is 0 Å². The second kappa shape index (κ2) is 4.77. The lowest BCUT2D eigenvalue weighted by Crippen LogP contribution is -2.36. The van der Waals surface area contributed by atoms with Crippen LogP contribution in [0.25, 0.3) is 0 Å². The number of aliphatic hydroxyl groups excluding tert-OH is 1. The monoisotopic (exact) mass is 259 g/mol. The number of likely N-dealkylation sites (tertiary alicyclic amines) is 1. The van der Waals surface area contributed by atoms with Crippen molar-refractivity contribution in [1.29, 1.82) is 0 Å². The minimum atomic E-state index is -3.48. The maximum atomic E-state index is 12.0. The Hall–Kier alpha value is -0.890. The lowest BCUT2D eigenvalue weighted by molar-refractivity contribution is 0.277. The number of aliphatic hydroxyl groups is 1. The molecule has 2 heterocycles. The first-order valence-electron chi connectivity index (χ1n) is 5.50. The van der Waals surface area contributed by atoms with Crippen molar-refractivity contribution < 1.29 is 13.5 Å². The van der Waals surface area contributed by atoms with Crippen LogP contribution in [0.3, 0.4) is 0 Å². The van der Waals surface area contributed by atoms with Gasteiger partial charge in [-0.25, -0.2) is 13.1 Å². The standard InChI is InChI=1S/C10H17N3O3S/c1-13-3-2-8(6-13)12-17(15,16)10-4-9(7-14)11-5-10/h4-5,8,11-12,14H,2-3,6-7H2,1H3. The van der Waals surface area contributed by atoms with Crippen LogP contribution in [-0.2, 0) is 16.6 Å². The molecule has 2 rings (SSSR count). The van der Waals surface area contributed by atoms with E-state index in [2.05, 4.69) is 14.6 Å². The highest BCUT2D eigenvalue weighted by atomic mass is 32.2. The molecule has 1 aromatic heterocycles. The summed E-state index contributed by atoms with van der Waals surface area (Å²) in [6.07, 6.45) is 2.22. The maximum absolute atomic E-state index is 12.0. The van der Waals surface area contributed by atoms with Gasteiger partial charge in [-0.05, 0) is 26.1 Å². The van der Waals surface area contributed by atoms with Crippen molar-refractivity contribution in [3.05, 3.63) is 18.0 Å². The predicted octanol–water partition coefficient (Wildman–Crippen LogP) is -0.511. The molecule has 17 heavy (non-hydrogen) atoms. The molecule has 1 aliphatic rings. The molecular formula is C10H17N3O3S. The Morgan fingerprint density at radius 1 is 1.65 bits per heavy atom. The smallest absolute Gasteiger partial charge is 0.242 e. The van der Waals surface area contributed by atoms with Gasteiger partial charge in [-0.15, -0.1) is 0 Å². The first-order valence-corrected chi connectivity index (χ1v) is 6.98. The molecule has 7 heteroatoms. The van der Waals surface area contributed by atoms with E-state index < -0.39 is 10.0 Å². The molecule has 1 aromatic rings. The van der Waals surface area contributed by atoms with E-state index in [9.17, 15) is 8.42 Å². The zero-order valence-electron chi connectivity index (χ0n) is 9.68. The van der Waals surface area contributed by atoms with Gasteiger partial charge in [-0.1, -0.05) is 0 Å². The summed E-state index contributed by atoms with van der Waals surface area (Å²) < 4.78 is 26.7. The molecule has 0 spiro atoms. The van der Waals surface area contributed by atoms with Crippen molar-refractivity contribution in [1.82, 2.24) is 14.6 Å². The highest BCUT2D eigenvalue weighted by molar-refractivity contribution is 7.89. The summed E-state index contributed by atoms with van der Waals surface area (Å²) in [5, 5.41) is 8.88. The Kier molecular flexibility index (Phi) is 3.53. The van der Waals surface area contributed by atoms with E-state index in [1.54, 1.807) is 0 Å². The van der Waals surface area contributed by atoms with Crippen LogP contribution in [0.15, 0.2) is 17.2 Å². The number of hydrogen-bond donors (Lipinski definition) is 3. The largest absolute Gasteiger partial charge is 0.390 e. The second-order valence-corrected chi connectivity index (χ2v) is 6.10. The molecule has 3 N–H and O–H groups in total. The van der Waals surface area contributed by atoms with E-state index in [4.69, 9.17) is 5.11 Å². The molecule has 0 aliphatic carbocycles. The summed E-state index contributed by atoms with van der Waals surface area (Å²) in [4.78, 5) is 4.98. The van der Waals surface area contributed by atoms with Crippen molar-refractivity contribution in [3.63, 3.8) is 0 Å². The molecule has 1 atom stereocenters. The highest BCUT2D eigenvalue weighted by Crippen LogP contribution is 2.14. The van der Waals surface area contributed by atoms with Gasteiger partial charge in [0.25, 0.3) is 0 Å². The van der Waals surface area contributed by atoms with Gasteiger partial charge in [0.15, 0.2) is 0 Å². The van der Waals surface area contributed by atoms with Crippen molar-refractivity contribution >= 4 is 10.0 Å². The second-order valence-electron chi connectivity index (χ2n) is 4.39. The number of H-pyrrole nitrogens is 1. The van der Waals surface area contributed by atoms with Gasteiger partial charge in [-0.3, -0.25) is 0 Å². The summed E-state index contributed by atoms with van der Waals surface area (Å²) in [5.74, 6) is 0. The maximum Gasteiger partial charge on any atom is 0.242 e. The third-order valence-electron chi connectivity index (χ3n) is 2.91. The summed E-state index contributed by atoms with van der Waals surface area (Å²) in [5.41, 5.74) is 0.494. The Balaban J connectivity index is 2.08. The van der Waals surface area contributed by atoms with E-state index in [0.29, 0.717) is 5.69 Å². The summed E-state index contributed by atoms with van der Waals surface area (Å²) in [6, 6.07) is 1.42. The SMILES string of the molecule is CN1CCC(NS(=O)(=O)c2c[nH]c(CO)c2)C1. The molecule has 96 valence electrons. The molecule has 0 aromatic carbocycles. The molecule has 1 saturated heterocycles. The number of sulfonamides is 1.